The SMILES string of the molecule is Cn1nc(C(F)(F)F)c(CO)c1Sc1ccc(Br)cc1. The summed E-state index contributed by atoms with van der Waals surface area (Å²) in [5.41, 5.74) is -1.24. The lowest BCUT2D eigenvalue weighted by molar-refractivity contribution is -0.142. The van der Waals surface area contributed by atoms with E-state index < -0.39 is 18.5 Å². The van der Waals surface area contributed by atoms with Crippen molar-refractivity contribution in [1.29, 1.82) is 0 Å². The topological polar surface area (TPSA) is 38.0 Å². The number of aliphatic hydroxyl groups excluding tert-OH is 1. The van der Waals surface area contributed by atoms with Crippen LogP contribution in [0.1, 0.15) is 11.3 Å². The Morgan fingerprint density at radius 3 is 2.40 bits per heavy atom. The van der Waals surface area contributed by atoms with Gasteiger partial charge in [0, 0.05) is 22.0 Å². The molecule has 1 N–H and O–H groups in total. The predicted octanol–water partition coefficient (Wildman–Crippen LogP) is 3.84. The average Bonchev–Trinajstić information content (AvgIpc) is 2.69. The van der Waals surface area contributed by atoms with Crippen LogP contribution in [-0.4, -0.2) is 14.9 Å². The molecule has 2 rings (SSSR count). The molecule has 0 radical (unpaired) electrons. The Bertz CT molecular complexity index is 610. The number of benzene rings is 1. The van der Waals surface area contributed by atoms with Gasteiger partial charge in [-0.1, -0.05) is 27.7 Å². The van der Waals surface area contributed by atoms with Crippen molar-refractivity contribution in [2.45, 2.75) is 22.7 Å². The van der Waals surface area contributed by atoms with E-state index in [2.05, 4.69) is 21.0 Å². The number of aromatic nitrogens is 2. The molecule has 1 aromatic carbocycles. The van der Waals surface area contributed by atoms with Crippen molar-refractivity contribution >= 4 is 27.7 Å². The van der Waals surface area contributed by atoms with E-state index >= 15 is 0 Å². The lowest BCUT2D eigenvalue weighted by atomic mass is 10.2. The average molecular weight is 367 g/mol. The van der Waals surface area contributed by atoms with Crippen LogP contribution in [0.25, 0.3) is 0 Å². The molecule has 0 aliphatic heterocycles. The van der Waals surface area contributed by atoms with Gasteiger partial charge < -0.3 is 5.11 Å². The molecule has 3 nitrogen and oxygen atoms in total. The highest BCUT2D eigenvalue weighted by atomic mass is 79.9. The summed E-state index contributed by atoms with van der Waals surface area (Å²) in [6.45, 7) is -0.707. The highest BCUT2D eigenvalue weighted by Crippen LogP contribution is 2.38. The van der Waals surface area contributed by atoms with Gasteiger partial charge >= 0.3 is 6.18 Å². The van der Waals surface area contributed by atoms with Gasteiger partial charge in [0.05, 0.1) is 6.61 Å². The van der Waals surface area contributed by atoms with Crippen LogP contribution in [0.15, 0.2) is 38.7 Å². The number of aliphatic hydroxyl groups is 1. The Hall–Kier alpha value is -0.990. The molecule has 0 unspecified atom stereocenters. The fourth-order valence-electron chi connectivity index (χ4n) is 1.66. The third-order valence-corrected chi connectivity index (χ3v) is 4.28. The lowest BCUT2D eigenvalue weighted by Crippen LogP contribution is -2.09. The third kappa shape index (κ3) is 3.18. The molecule has 1 heterocycles. The van der Waals surface area contributed by atoms with Crippen LogP contribution in [0, 0.1) is 0 Å². The molecule has 1 aromatic heterocycles. The first-order chi connectivity index (χ1) is 9.32. The minimum Gasteiger partial charge on any atom is -0.391 e. The summed E-state index contributed by atoms with van der Waals surface area (Å²) in [4.78, 5) is 0.764. The molecule has 2 aromatic rings. The zero-order valence-electron chi connectivity index (χ0n) is 10.3. The van der Waals surface area contributed by atoms with E-state index in [1.165, 1.54) is 7.05 Å². The largest absolute Gasteiger partial charge is 0.435 e. The Labute approximate surface area is 125 Å². The molecular formula is C12H10BrF3N2OS. The van der Waals surface area contributed by atoms with E-state index in [1.54, 1.807) is 24.3 Å². The fraction of sp³-hybridized carbons (Fsp3) is 0.250. The first kappa shape index (κ1) is 15.4. The Morgan fingerprint density at radius 1 is 1.30 bits per heavy atom. The highest BCUT2D eigenvalue weighted by molar-refractivity contribution is 9.10. The zero-order valence-corrected chi connectivity index (χ0v) is 12.7. The van der Waals surface area contributed by atoms with Crippen LogP contribution >= 0.6 is 27.7 Å². The molecule has 0 aliphatic rings. The van der Waals surface area contributed by atoms with E-state index in [4.69, 9.17) is 0 Å². The number of nitrogens with zero attached hydrogens (tertiary/aromatic N) is 2. The highest BCUT2D eigenvalue weighted by Gasteiger charge is 2.38. The number of halogens is 4. The van der Waals surface area contributed by atoms with Crippen LogP contribution in [0.4, 0.5) is 13.2 Å². The second-order valence-corrected chi connectivity index (χ2v) is 5.95. The summed E-state index contributed by atoms with van der Waals surface area (Å²) in [6, 6.07) is 7.14. The summed E-state index contributed by atoms with van der Waals surface area (Å²) in [5.74, 6) is 0. The van der Waals surface area contributed by atoms with Gasteiger partial charge in [-0.2, -0.15) is 18.3 Å². The van der Waals surface area contributed by atoms with Crippen molar-refractivity contribution in [3.8, 4) is 0 Å². The zero-order chi connectivity index (χ0) is 14.9. The number of aryl methyl sites for hydroxylation is 1. The normalized spacial score (nSPS) is 11.9. The molecule has 0 bridgehead atoms. The number of hydrogen-bond donors (Lipinski definition) is 1. The van der Waals surface area contributed by atoms with Gasteiger partial charge in [-0.3, -0.25) is 4.68 Å². The summed E-state index contributed by atoms with van der Waals surface area (Å²) in [6.07, 6.45) is -4.58. The molecule has 0 saturated heterocycles. The van der Waals surface area contributed by atoms with Gasteiger partial charge in [0.15, 0.2) is 5.69 Å². The van der Waals surface area contributed by atoms with Crippen LogP contribution < -0.4 is 0 Å². The maximum absolute atomic E-state index is 12.8. The number of alkyl halides is 3. The first-order valence-electron chi connectivity index (χ1n) is 5.50. The monoisotopic (exact) mass is 366 g/mol. The predicted molar refractivity (Wildman–Crippen MR) is 72.4 cm³/mol. The van der Waals surface area contributed by atoms with Crippen LogP contribution in [0.5, 0.6) is 0 Å². The van der Waals surface area contributed by atoms with Gasteiger partial charge in [-0.25, -0.2) is 0 Å². The summed E-state index contributed by atoms with van der Waals surface area (Å²) < 4.78 is 40.5. The van der Waals surface area contributed by atoms with Crippen molar-refractivity contribution < 1.29 is 18.3 Å². The van der Waals surface area contributed by atoms with E-state index in [9.17, 15) is 18.3 Å². The molecule has 8 heteroatoms. The van der Waals surface area contributed by atoms with Crippen LogP contribution in [0.2, 0.25) is 0 Å². The van der Waals surface area contributed by atoms with E-state index in [0.717, 1.165) is 25.8 Å². The molecule has 0 atom stereocenters. The molecule has 0 spiro atoms. The number of hydrogen-bond acceptors (Lipinski definition) is 3. The Balaban J connectivity index is 2.41. The maximum atomic E-state index is 12.8. The molecule has 20 heavy (non-hydrogen) atoms. The number of rotatable bonds is 3. The van der Waals surface area contributed by atoms with Crippen LogP contribution in [-0.2, 0) is 19.8 Å². The van der Waals surface area contributed by atoms with Gasteiger partial charge in [0.1, 0.15) is 5.03 Å². The van der Waals surface area contributed by atoms with Gasteiger partial charge in [0.25, 0.3) is 0 Å². The Morgan fingerprint density at radius 2 is 1.90 bits per heavy atom. The van der Waals surface area contributed by atoms with Crippen molar-refractivity contribution in [3.05, 3.63) is 40.0 Å². The minimum absolute atomic E-state index is 0.201. The van der Waals surface area contributed by atoms with Crippen LogP contribution in [0.3, 0.4) is 0 Å². The second-order valence-electron chi connectivity index (χ2n) is 3.97. The van der Waals surface area contributed by atoms with Crippen molar-refractivity contribution in [3.63, 3.8) is 0 Å². The Kier molecular flexibility index (Phi) is 4.46. The molecular weight excluding hydrogens is 357 g/mol. The van der Waals surface area contributed by atoms with E-state index in [0.29, 0.717) is 0 Å². The minimum atomic E-state index is -4.58. The standard InChI is InChI=1S/C12H10BrF3N2OS/c1-18-11(20-8-4-2-7(13)3-5-8)9(6-19)10(17-18)12(14,15)16/h2-5,19H,6H2,1H3. The summed E-state index contributed by atoms with van der Waals surface area (Å²) >= 11 is 4.42. The van der Waals surface area contributed by atoms with Gasteiger partial charge in [-0.05, 0) is 24.3 Å². The summed E-state index contributed by atoms with van der Waals surface area (Å²) in [5, 5.41) is 13.0. The van der Waals surface area contributed by atoms with E-state index in [-0.39, 0.29) is 10.6 Å². The van der Waals surface area contributed by atoms with Crippen molar-refractivity contribution in [2.75, 3.05) is 0 Å². The quantitative estimate of drug-likeness (QED) is 0.896. The maximum Gasteiger partial charge on any atom is 0.435 e. The first-order valence-corrected chi connectivity index (χ1v) is 7.11. The molecule has 0 saturated carbocycles. The second kappa shape index (κ2) is 5.79. The summed E-state index contributed by atoms with van der Waals surface area (Å²) in [7, 11) is 1.43. The third-order valence-electron chi connectivity index (χ3n) is 2.54. The van der Waals surface area contributed by atoms with Gasteiger partial charge in [0.2, 0.25) is 0 Å². The van der Waals surface area contributed by atoms with Gasteiger partial charge in [-0.15, -0.1) is 0 Å². The fourth-order valence-corrected chi connectivity index (χ4v) is 2.88. The van der Waals surface area contributed by atoms with Crippen molar-refractivity contribution in [2.24, 2.45) is 7.05 Å². The molecule has 0 amide bonds. The lowest BCUT2D eigenvalue weighted by Gasteiger charge is -2.06. The molecule has 108 valence electrons. The molecule has 0 aliphatic carbocycles. The molecule has 0 fully saturated rings. The van der Waals surface area contributed by atoms with E-state index in [1.807, 2.05) is 0 Å². The smallest absolute Gasteiger partial charge is 0.391 e. The van der Waals surface area contributed by atoms with Crippen molar-refractivity contribution in [1.82, 2.24) is 9.78 Å².